The Morgan fingerprint density at radius 2 is 2.00 bits per heavy atom. The fourth-order valence-electron chi connectivity index (χ4n) is 1.22. The number of carboxylic acids is 1. The van der Waals surface area contributed by atoms with E-state index in [4.69, 9.17) is 5.11 Å². The van der Waals surface area contributed by atoms with E-state index in [-0.39, 0.29) is 12.0 Å². The second kappa shape index (κ2) is 5.38. The maximum absolute atomic E-state index is 12.8. The third-order valence-corrected chi connectivity index (χ3v) is 2.19. The van der Waals surface area contributed by atoms with E-state index in [2.05, 4.69) is 5.32 Å². The summed E-state index contributed by atoms with van der Waals surface area (Å²) in [5.74, 6) is -4.14. The van der Waals surface area contributed by atoms with Crippen LogP contribution >= 0.6 is 0 Å². The zero-order valence-corrected chi connectivity index (χ0v) is 9.04. The van der Waals surface area contributed by atoms with Crippen LogP contribution in [0.2, 0.25) is 0 Å². The van der Waals surface area contributed by atoms with E-state index in [1.54, 1.807) is 6.92 Å². The number of benzene rings is 1. The Labute approximate surface area is 96.3 Å². The molecule has 1 aromatic rings. The van der Waals surface area contributed by atoms with Crippen molar-refractivity contribution >= 4 is 11.9 Å². The molecule has 0 aliphatic rings. The first-order valence-corrected chi connectivity index (χ1v) is 4.94. The summed E-state index contributed by atoms with van der Waals surface area (Å²) in [7, 11) is 0. The van der Waals surface area contributed by atoms with Gasteiger partial charge in [0.25, 0.3) is 5.91 Å². The van der Waals surface area contributed by atoms with Gasteiger partial charge in [0.15, 0.2) is 11.6 Å². The molecule has 0 saturated carbocycles. The minimum Gasteiger partial charge on any atom is -0.480 e. The molecule has 0 unspecified atom stereocenters. The first-order chi connectivity index (χ1) is 7.95. The Balaban J connectivity index is 2.82. The van der Waals surface area contributed by atoms with E-state index < -0.39 is 29.6 Å². The zero-order chi connectivity index (χ0) is 13.0. The second-order valence-corrected chi connectivity index (χ2v) is 3.40. The van der Waals surface area contributed by atoms with Gasteiger partial charge in [-0.25, -0.2) is 13.6 Å². The lowest BCUT2D eigenvalue weighted by molar-refractivity contribution is -0.139. The third kappa shape index (κ3) is 3.24. The van der Waals surface area contributed by atoms with Gasteiger partial charge in [0.2, 0.25) is 0 Å². The number of halogens is 2. The Hall–Kier alpha value is -1.98. The van der Waals surface area contributed by atoms with Gasteiger partial charge in [-0.1, -0.05) is 6.92 Å². The van der Waals surface area contributed by atoms with Crippen molar-refractivity contribution in [3.63, 3.8) is 0 Å². The minimum absolute atomic E-state index is 0.122. The molecule has 92 valence electrons. The molecule has 0 fully saturated rings. The van der Waals surface area contributed by atoms with E-state index in [0.29, 0.717) is 0 Å². The van der Waals surface area contributed by atoms with Gasteiger partial charge in [0.1, 0.15) is 6.04 Å². The highest BCUT2D eigenvalue weighted by Crippen LogP contribution is 2.09. The Kier molecular flexibility index (Phi) is 4.14. The molecule has 1 rings (SSSR count). The summed E-state index contributed by atoms with van der Waals surface area (Å²) in [6.07, 6.45) is 0.199. The number of aliphatic carboxylic acids is 1. The van der Waals surface area contributed by atoms with Crippen molar-refractivity contribution in [1.82, 2.24) is 5.32 Å². The van der Waals surface area contributed by atoms with Crippen LogP contribution in [0.25, 0.3) is 0 Å². The lowest BCUT2D eigenvalue weighted by Gasteiger charge is -2.12. The SMILES string of the molecule is CC[C@@H](NC(=O)c1ccc(F)c(F)c1)C(=O)O. The van der Waals surface area contributed by atoms with Crippen LogP contribution in [0.3, 0.4) is 0 Å². The fraction of sp³-hybridized carbons (Fsp3) is 0.273. The molecular formula is C11H11F2NO3. The van der Waals surface area contributed by atoms with Gasteiger partial charge in [0, 0.05) is 5.56 Å². The summed E-state index contributed by atoms with van der Waals surface area (Å²) in [5, 5.41) is 10.9. The minimum atomic E-state index is -1.18. The number of carboxylic acid groups (broad SMARTS) is 1. The standard InChI is InChI=1S/C11H11F2NO3/c1-2-9(11(16)17)14-10(15)6-3-4-7(12)8(13)5-6/h3-5,9H,2H2,1H3,(H,14,15)(H,16,17)/t9-/m1/s1. The average Bonchev–Trinajstić information content (AvgIpc) is 2.28. The van der Waals surface area contributed by atoms with Crippen LogP contribution in [0.15, 0.2) is 18.2 Å². The molecule has 0 bridgehead atoms. The molecule has 0 radical (unpaired) electrons. The van der Waals surface area contributed by atoms with Gasteiger partial charge >= 0.3 is 5.97 Å². The molecule has 0 aliphatic heterocycles. The number of carbonyl (C=O) groups is 2. The van der Waals surface area contributed by atoms with Crippen LogP contribution in [-0.4, -0.2) is 23.0 Å². The number of rotatable bonds is 4. The van der Waals surface area contributed by atoms with Crippen molar-refractivity contribution in [3.8, 4) is 0 Å². The molecule has 17 heavy (non-hydrogen) atoms. The number of carbonyl (C=O) groups excluding carboxylic acids is 1. The van der Waals surface area contributed by atoms with Crippen LogP contribution < -0.4 is 5.32 Å². The molecule has 0 saturated heterocycles. The van der Waals surface area contributed by atoms with Crippen LogP contribution in [-0.2, 0) is 4.79 Å². The van der Waals surface area contributed by atoms with E-state index in [0.717, 1.165) is 18.2 Å². The van der Waals surface area contributed by atoms with Gasteiger partial charge < -0.3 is 10.4 Å². The summed E-state index contributed by atoms with van der Waals surface area (Å²) in [6, 6.07) is 1.57. The van der Waals surface area contributed by atoms with Crippen LogP contribution in [0.4, 0.5) is 8.78 Å². The molecule has 4 nitrogen and oxygen atoms in total. The quantitative estimate of drug-likeness (QED) is 0.843. The zero-order valence-electron chi connectivity index (χ0n) is 9.04. The predicted molar refractivity (Wildman–Crippen MR) is 55.5 cm³/mol. The molecule has 1 aromatic carbocycles. The van der Waals surface area contributed by atoms with Crippen molar-refractivity contribution in [1.29, 1.82) is 0 Å². The maximum Gasteiger partial charge on any atom is 0.326 e. The van der Waals surface area contributed by atoms with Gasteiger partial charge in [-0.15, -0.1) is 0 Å². The van der Waals surface area contributed by atoms with Crippen molar-refractivity contribution in [2.45, 2.75) is 19.4 Å². The highest BCUT2D eigenvalue weighted by Gasteiger charge is 2.19. The molecule has 0 spiro atoms. The lowest BCUT2D eigenvalue weighted by Crippen LogP contribution is -2.40. The summed E-state index contributed by atoms with van der Waals surface area (Å²) in [5.41, 5.74) is -0.122. The molecule has 1 atom stereocenters. The van der Waals surface area contributed by atoms with Gasteiger partial charge in [0.05, 0.1) is 0 Å². The monoisotopic (exact) mass is 243 g/mol. The van der Waals surface area contributed by atoms with Crippen LogP contribution in [0.5, 0.6) is 0 Å². The summed E-state index contributed by atoms with van der Waals surface area (Å²) in [6.45, 7) is 1.59. The predicted octanol–water partition coefficient (Wildman–Crippen LogP) is 1.56. The van der Waals surface area contributed by atoms with Gasteiger partial charge in [-0.05, 0) is 24.6 Å². The normalized spacial score (nSPS) is 11.9. The highest BCUT2D eigenvalue weighted by molar-refractivity contribution is 5.96. The summed E-state index contributed by atoms with van der Waals surface area (Å²) >= 11 is 0. The Bertz CT molecular complexity index is 448. The highest BCUT2D eigenvalue weighted by atomic mass is 19.2. The average molecular weight is 243 g/mol. The van der Waals surface area contributed by atoms with Crippen LogP contribution in [0.1, 0.15) is 23.7 Å². The topological polar surface area (TPSA) is 66.4 Å². The molecule has 2 N–H and O–H groups in total. The first-order valence-electron chi connectivity index (χ1n) is 4.94. The molecule has 6 heteroatoms. The van der Waals surface area contributed by atoms with Crippen molar-refractivity contribution < 1.29 is 23.5 Å². The maximum atomic E-state index is 12.8. The molecule has 0 aliphatic carbocycles. The molecule has 0 heterocycles. The summed E-state index contributed by atoms with van der Waals surface area (Å²) < 4.78 is 25.5. The smallest absolute Gasteiger partial charge is 0.326 e. The Morgan fingerprint density at radius 3 is 2.47 bits per heavy atom. The van der Waals surface area contributed by atoms with E-state index in [9.17, 15) is 18.4 Å². The number of nitrogens with one attached hydrogen (secondary N) is 1. The number of hydrogen-bond acceptors (Lipinski definition) is 2. The Morgan fingerprint density at radius 1 is 1.35 bits per heavy atom. The third-order valence-electron chi connectivity index (χ3n) is 2.19. The molecular weight excluding hydrogens is 232 g/mol. The van der Waals surface area contributed by atoms with E-state index >= 15 is 0 Å². The van der Waals surface area contributed by atoms with Crippen molar-refractivity contribution in [2.75, 3.05) is 0 Å². The fourth-order valence-corrected chi connectivity index (χ4v) is 1.22. The summed E-state index contributed by atoms with van der Waals surface area (Å²) in [4.78, 5) is 22.2. The lowest BCUT2D eigenvalue weighted by atomic mass is 10.1. The van der Waals surface area contributed by atoms with Crippen LogP contribution in [0, 0.1) is 11.6 Å². The molecule has 0 aromatic heterocycles. The first kappa shape index (κ1) is 13.1. The second-order valence-electron chi connectivity index (χ2n) is 3.40. The van der Waals surface area contributed by atoms with E-state index in [1.807, 2.05) is 0 Å². The number of amides is 1. The van der Waals surface area contributed by atoms with Crippen molar-refractivity contribution in [2.24, 2.45) is 0 Å². The number of hydrogen-bond donors (Lipinski definition) is 2. The molecule has 1 amide bonds. The largest absolute Gasteiger partial charge is 0.480 e. The van der Waals surface area contributed by atoms with Crippen molar-refractivity contribution in [3.05, 3.63) is 35.4 Å². The van der Waals surface area contributed by atoms with Gasteiger partial charge in [-0.3, -0.25) is 4.79 Å². The van der Waals surface area contributed by atoms with E-state index in [1.165, 1.54) is 0 Å². The van der Waals surface area contributed by atoms with Gasteiger partial charge in [-0.2, -0.15) is 0 Å².